The van der Waals surface area contributed by atoms with E-state index in [9.17, 15) is 4.79 Å². The van der Waals surface area contributed by atoms with Crippen molar-refractivity contribution in [2.45, 2.75) is 20.8 Å². The minimum absolute atomic E-state index is 0.0573. The molecule has 0 aromatic heterocycles. The predicted octanol–water partition coefficient (Wildman–Crippen LogP) is 3.24. The summed E-state index contributed by atoms with van der Waals surface area (Å²) in [5, 5.41) is 3.04. The number of benzene rings is 1. The van der Waals surface area contributed by atoms with E-state index in [1.54, 1.807) is 26.5 Å². The average Bonchev–Trinajstić information content (AvgIpc) is 2.37. The Morgan fingerprint density at radius 1 is 1.21 bits per heavy atom. The van der Waals surface area contributed by atoms with E-state index in [0.29, 0.717) is 5.75 Å². The molecule has 0 unspecified atom stereocenters. The van der Waals surface area contributed by atoms with Crippen LogP contribution in [0.4, 0.5) is 5.69 Å². The van der Waals surface area contributed by atoms with Crippen LogP contribution in [0.15, 0.2) is 30.5 Å². The minimum atomic E-state index is -0.378. The molecule has 1 N–H and O–H groups in total. The van der Waals surface area contributed by atoms with Crippen molar-refractivity contribution in [3.63, 3.8) is 0 Å². The fourth-order valence-corrected chi connectivity index (χ4v) is 1.38. The van der Waals surface area contributed by atoms with Gasteiger partial charge in [-0.25, -0.2) is 0 Å². The first kappa shape index (κ1) is 15.1. The van der Waals surface area contributed by atoms with Crippen molar-refractivity contribution in [3.05, 3.63) is 30.5 Å². The second-order valence-corrected chi connectivity index (χ2v) is 5.16. The van der Waals surface area contributed by atoms with Crippen molar-refractivity contribution in [3.8, 4) is 11.5 Å². The molecule has 4 heteroatoms. The fourth-order valence-electron chi connectivity index (χ4n) is 1.38. The molecule has 0 heterocycles. The van der Waals surface area contributed by atoms with Crippen molar-refractivity contribution in [2.24, 2.45) is 5.41 Å². The molecule has 0 atom stereocenters. The second-order valence-electron chi connectivity index (χ2n) is 5.16. The molecule has 0 radical (unpaired) electrons. The van der Waals surface area contributed by atoms with Crippen LogP contribution in [0.25, 0.3) is 0 Å². The Hall–Kier alpha value is -1.97. The molecular formula is C15H21NO3. The van der Waals surface area contributed by atoms with Crippen molar-refractivity contribution < 1.29 is 14.3 Å². The lowest BCUT2D eigenvalue weighted by Gasteiger charge is -2.13. The number of allylic oxidation sites excluding steroid dienone is 1. The average molecular weight is 263 g/mol. The van der Waals surface area contributed by atoms with Gasteiger partial charge in [-0.15, -0.1) is 0 Å². The van der Waals surface area contributed by atoms with Crippen molar-refractivity contribution in [1.29, 1.82) is 0 Å². The van der Waals surface area contributed by atoms with Crippen LogP contribution in [0.1, 0.15) is 20.8 Å². The molecule has 1 aromatic rings. The summed E-state index contributed by atoms with van der Waals surface area (Å²) in [5.41, 5.74) is 0.371. The number of hydrogen-bond donors (Lipinski definition) is 1. The van der Waals surface area contributed by atoms with Crippen LogP contribution in [0.5, 0.6) is 11.5 Å². The van der Waals surface area contributed by atoms with Gasteiger partial charge < -0.3 is 14.8 Å². The van der Waals surface area contributed by atoms with Gasteiger partial charge in [-0.1, -0.05) is 20.8 Å². The molecular weight excluding hydrogens is 242 g/mol. The zero-order valence-corrected chi connectivity index (χ0v) is 12.1. The zero-order chi connectivity index (χ0) is 14.5. The van der Waals surface area contributed by atoms with Crippen LogP contribution in [0.2, 0.25) is 0 Å². The third-order valence-electron chi connectivity index (χ3n) is 2.62. The number of carbonyl (C=O) groups is 1. The highest BCUT2D eigenvalue weighted by molar-refractivity contribution is 5.94. The first-order valence-corrected chi connectivity index (χ1v) is 6.08. The van der Waals surface area contributed by atoms with E-state index in [2.05, 4.69) is 5.32 Å². The van der Waals surface area contributed by atoms with Gasteiger partial charge in [0.15, 0.2) is 5.78 Å². The van der Waals surface area contributed by atoms with Gasteiger partial charge in [0.1, 0.15) is 11.5 Å². The Kier molecular flexibility index (Phi) is 4.98. The number of carbonyl (C=O) groups excluding carboxylic acids is 1. The molecule has 0 saturated carbocycles. The van der Waals surface area contributed by atoms with Gasteiger partial charge in [0.2, 0.25) is 0 Å². The van der Waals surface area contributed by atoms with Crippen LogP contribution in [0, 0.1) is 5.41 Å². The first-order valence-electron chi connectivity index (χ1n) is 6.08. The van der Waals surface area contributed by atoms with Crippen molar-refractivity contribution >= 4 is 11.5 Å². The molecule has 4 nitrogen and oxygen atoms in total. The highest BCUT2D eigenvalue weighted by atomic mass is 16.5. The highest BCUT2D eigenvalue weighted by Crippen LogP contribution is 2.28. The summed E-state index contributed by atoms with van der Waals surface area (Å²) in [6.07, 6.45) is 3.14. The smallest absolute Gasteiger partial charge is 0.162 e. The highest BCUT2D eigenvalue weighted by Gasteiger charge is 2.17. The Labute approximate surface area is 114 Å². The molecule has 1 aromatic carbocycles. The molecule has 0 saturated heterocycles. The lowest BCUT2D eigenvalue weighted by Crippen LogP contribution is -2.17. The number of nitrogens with one attached hydrogen (secondary N) is 1. The molecule has 0 aliphatic carbocycles. The van der Waals surface area contributed by atoms with Crippen molar-refractivity contribution in [1.82, 2.24) is 0 Å². The van der Waals surface area contributed by atoms with Crippen LogP contribution >= 0.6 is 0 Å². The van der Waals surface area contributed by atoms with Gasteiger partial charge in [0.05, 0.1) is 19.9 Å². The van der Waals surface area contributed by atoms with E-state index in [1.807, 2.05) is 32.9 Å². The summed E-state index contributed by atoms with van der Waals surface area (Å²) in [7, 11) is 3.20. The van der Waals surface area contributed by atoms with Crippen LogP contribution in [-0.4, -0.2) is 20.0 Å². The SMILES string of the molecule is COc1ccc(OC)c(N/C=C/C(=O)C(C)(C)C)c1. The quantitative estimate of drug-likeness (QED) is 0.828. The summed E-state index contributed by atoms with van der Waals surface area (Å²) in [5.74, 6) is 1.47. The molecule has 0 aliphatic rings. The standard InChI is InChI=1S/C15H21NO3/c1-15(2,3)14(17)8-9-16-12-10-11(18-4)6-7-13(12)19-5/h6-10,16H,1-5H3/b9-8+. The van der Waals surface area contributed by atoms with Gasteiger partial charge >= 0.3 is 0 Å². The molecule has 0 amide bonds. The normalized spacial score (nSPS) is 11.4. The largest absolute Gasteiger partial charge is 0.497 e. The molecule has 0 aliphatic heterocycles. The Morgan fingerprint density at radius 2 is 1.89 bits per heavy atom. The van der Waals surface area contributed by atoms with Gasteiger partial charge in [0.25, 0.3) is 0 Å². The van der Waals surface area contributed by atoms with Gasteiger partial charge in [-0.05, 0) is 18.2 Å². The maximum absolute atomic E-state index is 11.7. The Bertz CT molecular complexity index is 473. The van der Waals surface area contributed by atoms with E-state index >= 15 is 0 Å². The molecule has 19 heavy (non-hydrogen) atoms. The molecule has 0 bridgehead atoms. The maximum atomic E-state index is 11.7. The summed E-state index contributed by atoms with van der Waals surface area (Å²) < 4.78 is 10.4. The Balaban J connectivity index is 2.82. The number of hydrogen-bond acceptors (Lipinski definition) is 4. The van der Waals surface area contributed by atoms with Gasteiger partial charge in [0, 0.05) is 17.7 Å². The maximum Gasteiger partial charge on any atom is 0.162 e. The predicted molar refractivity (Wildman–Crippen MR) is 76.8 cm³/mol. The first-order chi connectivity index (χ1) is 8.88. The zero-order valence-electron chi connectivity index (χ0n) is 12.1. The summed E-state index contributed by atoms with van der Waals surface area (Å²) in [6.45, 7) is 5.64. The minimum Gasteiger partial charge on any atom is -0.497 e. The number of ketones is 1. The monoisotopic (exact) mass is 263 g/mol. The fraction of sp³-hybridized carbons (Fsp3) is 0.400. The van der Waals surface area contributed by atoms with E-state index in [4.69, 9.17) is 9.47 Å². The lowest BCUT2D eigenvalue weighted by molar-refractivity contribution is -0.121. The number of rotatable bonds is 5. The van der Waals surface area contributed by atoms with Gasteiger partial charge in [-0.2, -0.15) is 0 Å². The third-order valence-corrected chi connectivity index (χ3v) is 2.62. The van der Waals surface area contributed by atoms with E-state index in [1.165, 1.54) is 6.08 Å². The Morgan fingerprint density at radius 3 is 2.42 bits per heavy atom. The molecule has 1 rings (SSSR count). The number of ether oxygens (including phenoxy) is 2. The van der Waals surface area contributed by atoms with E-state index in [-0.39, 0.29) is 11.2 Å². The van der Waals surface area contributed by atoms with Crippen molar-refractivity contribution in [2.75, 3.05) is 19.5 Å². The lowest BCUT2D eigenvalue weighted by atomic mass is 9.91. The van der Waals surface area contributed by atoms with E-state index in [0.717, 1.165) is 11.4 Å². The van der Waals surface area contributed by atoms with Crippen LogP contribution in [-0.2, 0) is 4.79 Å². The summed E-state index contributed by atoms with van der Waals surface area (Å²) in [4.78, 5) is 11.7. The van der Waals surface area contributed by atoms with E-state index < -0.39 is 0 Å². The van der Waals surface area contributed by atoms with Gasteiger partial charge in [-0.3, -0.25) is 4.79 Å². The summed E-state index contributed by atoms with van der Waals surface area (Å²) >= 11 is 0. The topological polar surface area (TPSA) is 47.6 Å². The molecule has 0 spiro atoms. The second kappa shape index (κ2) is 6.27. The van der Waals surface area contributed by atoms with Crippen LogP contribution < -0.4 is 14.8 Å². The number of anilines is 1. The molecule has 104 valence electrons. The molecule has 0 fully saturated rings. The summed E-state index contributed by atoms with van der Waals surface area (Å²) in [6, 6.07) is 5.43. The van der Waals surface area contributed by atoms with Crippen LogP contribution in [0.3, 0.4) is 0 Å². The third kappa shape index (κ3) is 4.32. The number of methoxy groups -OCH3 is 2.